The van der Waals surface area contributed by atoms with E-state index in [2.05, 4.69) is 0 Å². The first kappa shape index (κ1) is 14.2. The number of sulfone groups is 1. The van der Waals surface area contributed by atoms with Crippen molar-refractivity contribution in [1.29, 1.82) is 0 Å². The fourth-order valence-corrected chi connectivity index (χ4v) is 4.75. The van der Waals surface area contributed by atoms with Gasteiger partial charge in [-0.2, -0.15) is 0 Å². The Hall–Kier alpha value is -0.170. The highest BCUT2D eigenvalue weighted by molar-refractivity contribution is 7.92. The average molecular weight is 277 g/mol. The Morgan fingerprint density at radius 3 is 2.61 bits per heavy atom. The average Bonchev–Trinajstić information content (AvgIpc) is 2.37. The minimum Gasteiger partial charge on any atom is -0.381 e. The number of rotatable bonds is 4. The lowest BCUT2D eigenvalue weighted by Gasteiger charge is -2.43. The van der Waals surface area contributed by atoms with Gasteiger partial charge in [-0.3, -0.25) is 0 Å². The van der Waals surface area contributed by atoms with Gasteiger partial charge < -0.3 is 15.2 Å². The number of ether oxygens (including phenoxy) is 2. The molecule has 1 unspecified atom stereocenters. The molecule has 0 amide bonds. The third-order valence-electron chi connectivity index (χ3n) is 3.99. The Labute approximate surface area is 109 Å². The van der Waals surface area contributed by atoms with Gasteiger partial charge in [0.25, 0.3) is 0 Å². The number of hydrogen-bond donors (Lipinski definition) is 1. The summed E-state index contributed by atoms with van der Waals surface area (Å²) in [5.74, 6) is 0.209. The van der Waals surface area contributed by atoms with Crippen LogP contribution >= 0.6 is 0 Å². The first-order valence-electron chi connectivity index (χ1n) is 6.71. The van der Waals surface area contributed by atoms with Crippen LogP contribution in [0.5, 0.6) is 0 Å². The molecule has 5 nitrogen and oxygen atoms in total. The van der Waals surface area contributed by atoms with E-state index < -0.39 is 9.84 Å². The van der Waals surface area contributed by atoms with Crippen LogP contribution in [0, 0.1) is 0 Å². The zero-order chi connectivity index (χ0) is 13.1. The Kier molecular flexibility index (Phi) is 4.64. The summed E-state index contributed by atoms with van der Waals surface area (Å²) in [6.45, 7) is 2.33. The van der Waals surface area contributed by atoms with Crippen LogP contribution in [-0.2, 0) is 19.3 Å². The first-order chi connectivity index (χ1) is 8.58. The summed E-state index contributed by atoms with van der Waals surface area (Å²) in [4.78, 5) is 0. The van der Waals surface area contributed by atoms with E-state index in [9.17, 15) is 8.42 Å². The van der Waals surface area contributed by atoms with Gasteiger partial charge in [0.15, 0.2) is 9.84 Å². The van der Waals surface area contributed by atoms with Crippen LogP contribution in [0.15, 0.2) is 0 Å². The lowest BCUT2D eigenvalue weighted by molar-refractivity contribution is -0.132. The zero-order valence-electron chi connectivity index (χ0n) is 10.8. The molecular weight excluding hydrogens is 254 g/mol. The molecule has 106 valence electrons. The summed E-state index contributed by atoms with van der Waals surface area (Å²) >= 11 is 0. The predicted molar refractivity (Wildman–Crippen MR) is 69.2 cm³/mol. The van der Waals surface area contributed by atoms with Gasteiger partial charge in [-0.25, -0.2) is 8.42 Å². The molecule has 1 atom stereocenters. The molecule has 0 aromatic carbocycles. The van der Waals surface area contributed by atoms with Crippen LogP contribution in [0.25, 0.3) is 0 Å². The highest BCUT2D eigenvalue weighted by atomic mass is 32.2. The second-order valence-electron chi connectivity index (χ2n) is 5.27. The number of hydrogen-bond acceptors (Lipinski definition) is 5. The molecule has 0 saturated carbocycles. The van der Waals surface area contributed by atoms with Gasteiger partial charge >= 0.3 is 0 Å². The van der Waals surface area contributed by atoms with E-state index in [1.54, 1.807) is 0 Å². The monoisotopic (exact) mass is 277 g/mol. The lowest BCUT2D eigenvalue weighted by atomic mass is 9.86. The van der Waals surface area contributed by atoms with Crippen molar-refractivity contribution in [3.05, 3.63) is 0 Å². The van der Waals surface area contributed by atoms with Gasteiger partial charge in [-0.15, -0.1) is 0 Å². The van der Waals surface area contributed by atoms with Gasteiger partial charge in [0.2, 0.25) is 0 Å². The van der Waals surface area contributed by atoms with Gasteiger partial charge in [0, 0.05) is 19.8 Å². The SMILES string of the molecule is NCCCS(=O)(=O)C1CCOC2(CCOCC2)C1. The Morgan fingerprint density at radius 2 is 1.94 bits per heavy atom. The van der Waals surface area contributed by atoms with E-state index in [-0.39, 0.29) is 16.6 Å². The van der Waals surface area contributed by atoms with Crippen LogP contribution in [0.1, 0.15) is 32.1 Å². The molecule has 2 rings (SSSR count). The highest BCUT2D eigenvalue weighted by Gasteiger charge is 2.42. The van der Waals surface area contributed by atoms with Gasteiger partial charge in [-0.1, -0.05) is 0 Å². The molecule has 0 aromatic heterocycles. The van der Waals surface area contributed by atoms with Gasteiger partial charge in [-0.05, 0) is 38.6 Å². The summed E-state index contributed by atoms with van der Waals surface area (Å²) in [6.07, 6.45) is 3.43. The normalized spacial score (nSPS) is 28.4. The van der Waals surface area contributed by atoms with Crippen molar-refractivity contribution >= 4 is 9.84 Å². The molecule has 2 saturated heterocycles. The second kappa shape index (κ2) is 5.86. The van der Waals surface area contributed by atoms with Crippen molar-refractivity contribution in [3.8, 4) is 0 Å². The quantitative estimate of drug-likeness (QED) is 0.808. The topological polar surface area (TPSA) is 78.6 Å². The lowest BCUT2D eigenvalue weighted by Crippen LogP contribution is -2.48. The highest BCUT2D eigenvalue weighted by Crippen LogP contribution is 2.36. The molecule has 1 spiro atoms. The third kappa shape index (κ3) is 3.23. The fourth-order valence-electron chi connectivity index (χ4n) is 2.83. The molecule has 2 aliphatic rings. The standard InChI is InChI=1S/C12H23NO4S/c13-5-1-9-18(14,15)11-2-6-17-12(10-11)3-7-16-8-4-12/h11H,1-10,13H2. The smallest absolute Gasteiger partial charge is 0.153 e. The Morgan fingerprint density at radius 1 is 1.22 bits per heavy atom. The predicted octanol–water partition coefficient (Wildman–Crippen LogP) is 0.478. The molecule has 2 aliphatic heterocycles. The first-order valence-corrected chi connectivity index (χ1v) is 8.43. The minimum atomic E-state index is -3.02. The molecular formula is C12H23NO4S. The molecule has 6 heteroatoms. The van der Waals surface area contributed by atoms with E-state index in [1.807, 2.05) is 0 Å². The summed E-state index contributed by atoms with van der Waals surface area (Å²) in [5, 5.41) is -0.254. The van der Waals surface area contributed by atoms with Crippen LogP contribution in [0.2, 0.25) is 0 Å². The second-order valence-corrected chi connectivity index (χ2v) is 7.67. The summed E-state index contributed by atoms with van der Waals surface area (Å²) < 4.78 is 35.7. The Balaban J connectivity index is 2.01. The molecule has 0 aromatic rings. The van der Waals surface area contributed by atoms with Crippen LogP contribution in [0.4, 0.5) is 0 Å². The molecule has 0 aliphatic carbocycles. The van der Waals surface area contributed by atoms with Crippen molar-refractivity contribution in [2.24, 2.45) is 5.73 Å². The van der Waals surface area contributed by atoms with Gasteiger partial charge in [0.1, 0.15) is 0 Å². The molecule has 2 heterocycles. The largest absolute Gasteiger partial charge is 0.381 e. The van der Waals surface area contributed by atoms with Crippen LogP contribution < -0.4 is 5.73 Å². The van der Waals surface area contributed by atoms with Crippen LogP contribution in [0.3, 0.4) is 0 Å². The van der Waals surface area contributed by atoms with E-state index in [0.717, 1.165) is 12.8 Å². The maximum Gasteiger partial charge on any atom is 0.153 e. The van der Waals surface area contributed by atoms with Gasteiger partial charge in [0.05, 0.1) is 16.6 Å². The van der Waals surface area contributed by atoms with E-state index in [1.165, 1.54) is 0 Å². The maximum absolute atomic E-state index is 12.2. The Bertz CT molecular complexity index is 357. The third-order valence-corrected chi connectivity index (χ3v) is 6.27. The molecule has 18 heavy (non-hydrogen) atoms. The molecule has 0 radical (unpaired) electrons. The van der Waals surface area contributed by atoms with Crippen molar-refractivity contribution in [2.45, 2.75) is 43.0 Å². The van der Waals surface area contributed by atoms with Crippen LogP contribution in [-0.4, -0.2) is 51.4 Å². The summed E-state index contributed by atoms with van der Waals surface area (Å²) in [5.41, 5.74) is 5.14. The van der Waals surface area contributed by atoms with E-state index in [4.69, 9.17) is 15.2 Å². The van der Waals surface area contributed by atoms with Crippen molar-refractivity contribution in [2.75, 3.05) is 32.1 Å². The molecule has 2 fully saturated rings. The van der Waals surface area contributed by atoms with E-state index in [0.29, 0.717) is 45.6 Å². The molecule has 0 bridgehead atoms. The zero-order valence-corrected chi connectivity index (χ0v) is 11.6. The molecule has 2 N–H and O–H groups in total. The van der Waals surface area contributed by atoms with Crippen molar-refractivity contribution in [1.82, 2.24) is 0 Å². The number of nitrogens with two attached hydrogens (primary N) is 1. The maximum atomic E-state index is 12.2. The van der Waals surface area contributed by atoms with Crippen molar-refractivity contribution < 1.29 is 17.9 Å². The fraction of sp³-hybridized carbons (Fsp3) is 1.00. The minimum absolute atomic E-state index is 0.209. The summed E-state index contributed by atoms with van der Waals surface area (Å²) in [6, 6.07) is 0. The van der Waals surface area contributed by atoms with Crippen molar-refractivity contribution in [3.63, 3.8) is 0 Å². The van der Waals surface area contributed by atoms with E-state index >= 15 is 0 Å². The summed E-state index contributed by atoms with van der Waals surface area (Å²) in [7, 11) is -3.02.